The third-order valence-electron chi connectivity index (χ3n) is 2.50. The number of carbonyl (C=O) groups excluding carboxylic acids is 1. The minimum Gasteiger partial charge on any atom is -0.481 e. The van der Waals surface area contributed by atoms with E-state index >= 15 is 0 Å². The van der Waals surface area contributed by atoms with Crippen LogP contribution in [0.15, 0.2) is 18.2 Å². The molecule has 0 saturated heterocycles. The van der Waals surface area contributed by atoms with Crippen LogP contribution in [0.2, 0.25) is 10.0 Å². The third kappa shape index (κ3) is 3.37. The van der Waals surface area contributed by atoms with Gasteiger partial charge in [-0.1, -0.05) is 36.2 Å². The van der Waals surface area contributed by atoms with Crippen molar-refractivity contribution in [1.82, 2.24) is 4.90 Å². The zero-order valence-electron chi connectivity index (χ0n) is 9.98. The van der Waals surface area contributed by atoms with E-state index in [0.717, 1.165) is 0 Å². The number of nitrogens with zero attached hydrogens (tertiary/aromatic N) is 1. The van der Waals surface area contributed by atoms with Gasteiger partial charge in [0.15, 0.2) is 0 Å². The fraction of sp³-hybridized carbons (Fsp3) is 0.333. The molecule has 0 fully saturated rings. The molecule has 4 nitrogen and oxygen atoms in total. The van der Waals surface area contributed by atoms with Crippen molar-refractivity contribution in [2.24, 2.45) is 5.92 Å². The predicted octanol–water partition coefficient (Wildman–Crippen LogP) is 2.79. The summed E-state index contributed by atoms with van der Waals surface area (Å²) in [4.78, 5) is 24.1. The number of aliphatic carboxylic acids is 1. The molecule has 18 heavy (non-hydrogen) atoms. The first kappa shape index (κ1) is 14.8. The number of carboxylic acid groups (broad SMARTS) is 1. The summed E-state index contributed by atoms with van der Waals surface area (Å²) in [7, 11) is 1.53. The minimum atomic E-state index is -0.952. The lowest BCUT2D eigenvalue weighted by Gasteiger charge is -2.20. The van der Waals surface area contributed by atoms with E-state index in [4.69, 9.17) is 28.3 Å². The van der Waals surface area contributed by atoms with E-state index in [-0.39, 0.29) is 23.0 Å². The summed E-state index contributed by atoms with van der Waals surface area (Å²) >= 11 is 11.8. The Morgan fingerprint density at radius 1 is 1.39 bits per heavy atom. The molecule has 1 aromatic rings. The van der Waals surface area contributed by atoms with Gasteiger partial charge in [-0.2, -0.15) is 0 Å². The molecule has 6 heteroatoms. The van der Waals surface area contributed by atoms with Crippen LogP contribution in [0.1, 0.15) is 17.3 Å². The van der Waals surface area contributed by atoms with Gasteiger partial charge in [0.1, 0.15) is 0 Å². The molecule has 1 atom stereocenters. The highest BCUT2D eigenvalue weighted by molar-refractivity contribution is 6.43. The molecule has 98 valence electrons. The summed E-state index contributed by atoms with van der Waals surface area (Å²) in [5.41, 5.74) is 0.268. The van der Waals surface area contributed by atoms with Crippen molar-refractivity contribution in [2.45, 2.75) is 6.92 Å². The molecule has 0 aromatic heterocycles. The van der Waals surface area contributed by atoms with Crippen LogP contribution in [0.25, 0.3) is 0 Å². The lowest BCUT2D eigenvalue weighted by Crippen LogP contribution is -2.33. The predicted molar refractivity (Wildman–Crippen MR) is 70.2 cm³/mol. The number of carbonyl (C=O) groups is 2. The van der Waals surface area contributed by atoms with Gasteiger partial charge in [-0.3, -0.25) is 9.59 Å². The summed E-state index contributed by atoms with van der Waals surface area (Å²) < 4.78 is 0. The van der Waals surface area contributed by atoms with E-state index in [0.29, 0.717) is 5.02 Å². The number of rotatable bonds is 4. The van der Waals surface area contributed by atoms with Crippen molar-refractivity contribution in [3.8, 4) is 0 Å². The van der Waals surface area contributed by atoms with Crippen molar-refractivity contribution in [1.29, 1.82) is 0 Å². The lowest BCUT2D eigenvalue weighted by molar-refractivity contribution is -0.141. The summed E-state index contributed by atoms with van der Waals surface area (Å²) in [5, 5.41) is 9.27. The molecule has 0 aliphatic rings. The maximum absolute atomic E-state index is 12.1. The fourth-order valence-electron chi connectivity index (χ4n) is 1.45. The smallest absolute Gasteiger partial charge is 0.308 e. The van der Waals surface area contributed by atoms with Crippen molar-refractivity contribution in [3.63, 3.8) is 0 Å². The monoisotopic (exact) mass is 289 g/mol. The zero-order valence-corrected chi connectivity index (χ0v) is 11.5. The summed E-state index contributed by atoms with van der Waals surface area (Å²) in [6.07, 6.45) is 0. The second-order valence-electron chi connectivity index (χ2n) is 4.03. The molecular weight excluding hydrogens is 277 g/mol. The van der Waals surface area contributed by atoms with Gasteiger partial charge < -0.3 is 10.0 Å². The maximum Gasteiger partial charge on any atom is 0.308 e. The van der Waals surface area contributed by atoms with Gasteiger partial charge in [0.2, 0.25) is 0 Å². The molecule has 0 saturated carbocycles. The van der Waals surface area contributed by atoms with Gasteiger partial charge >= 0.3 is 5.97 Å². The highest BCUT2D eigenvalue weighted by Crippen LogP contribution is 2.26. The van der Waals surface area contributed by atoms with E-state index < -0.39 is 11.9 Å². The Hall–Kier alpha value is -1.26. The van der Waals surface area contributed by atoms with Crippen molar-refractivity contribution < 1.29 is 14.7 Å². The molecule has 1 aromatic carbocycles. The minimum absolute atomic E-state index is 0.108. The Kier molecular flexibility index (Phi) is 4.99. The number of hydrogen-bond donors (Lipinski definition) is 1. The number of amides is 1. The number of hydrogen-bond acceptors (Lipinski definition) is 2. The van der Waals surface area contributed by atoms with Crippen LogP contribution in [0.4, 0.5) is 0 Å². The first-order valence-electron chi connectivity index (χ1n) is 5.27. The second-order valence-corrected chi connectivity index (χ2v) is 4.81. The standard InChI is InChI=1S/C12H13Cl2NO3/c1-7(12(17)18)6-15(2)11(16)8-4-3-5-9(13)10(8)14/h3-5,7H,6H2,1-2H3,(H,17,18). The fourth-order valence-corrected chi connectivity index (χ4v) is 1.83. The van der Waals surface area contributed by atoms with Gasteiger partial charge in [0.05, 0.1) is 21.5 Å². The quantitative estimate of drug-likeness (QED) is 0.927. The van der Waals surface area contributed by atoms with E-state index in [1.54, 1.807) is 18.2 Å². The summed E-state index contributed by atoms with van der Waals surface area (Å²) in [6, 6.07) is 4.76. The van der Waals surface area contributed by atoms with E-state index in [2.05, 4.69) is 0 Å². The van der Waals surface area contributed by atoms with E-state index in [9.17, 15) is 9.59 Å². The molecule has 0 aliphatic carbocycles. The van der Waals surface area contributed by atoms with Crippen LogP contribution >= 0.6 is 23.2 Å². The van der Waals surface area contributed by atoms with Crippen LogP contribution in [-0.2, 0) is 4.79 Å². The molecule has 1 unspecified atom stereocenters. The van der Waals surface area contributed by atoms with Gasteiger partial charge in [0, 0.05) is 13.6 Å². The average molecular weight is 290 g/mol. The SMILES string of the molecule is CC(CN(C)C(=O)c1cccc(Cl)c1Cl)C(=O)O. The van der Waals surface area contributed by atoms with Crippen LogP contribution in [0.3, 0.4) is 0 Å². The van der Waals surface area contributed by atoms with Gasteiger partial charge in [0.25, 0.3) is 5.91 Å². The Morgan fingerprint density at radius 3 is 2.56 bits per heavy atom. The highest BCUT2D eigenvalue weighted by atomic mass is 35.5. The van der Waals surface area contributed by atoms with Crippen molar-refractivity contribution >= 4 is 35.1 Å². The van der Waals surface area contributed by atoms with Gasteiger partial charge in [-0.15, -0.1) is 0 Å². The van der Waals surface area contributed by atoms with Crippen LogP contribution in [0.5, 0.6) is 0 Å². The Labute approximate surface area is 115 Å². The van der Waals surface area contributed by atoms with Crippen molar-refractivity contribution in [2.75, 3.05) is 13.6 Å². The van der Waals surface area contributed by atoms with Gasteiger partial charge in [-0.25, -0.2) is 0 Å². The summed E-state index contributed by atoms with van der Waals surface area (Å²) in [6.45, 7) is 1.64. The highest BCUT2D eigenvalue weighted by Gasteiger charge is 2.20. The first-order valence-corrected chi connectivity index (χ1v) is 6.02. The molecule has 0 heterocycles. The van der Waals surface area contributed by atoms with E-state index in [1.807, 2.05) is 0 Å². The van der Waals surface area contributed by atoms with Crippen LogP contribution in [-0.4, -0.2) is 35.5 Å². The molecule has 0 radical (unpaired) electrons. The maximum atomic E-state index is 12.1. The Morgan fingerprint density at radius 2 is 2.00 bits per heavy atom. The number of halogens is 2. The number of carboxylic acids is 1. The molecule has 1 N–H and O–H groups in total. The third-order valence-corrected chi connectivity index (χ3v) is 3.32. The lowest BCUT2D eigenvalue weighted by atomic mass is 10.1. The average Bonchev–Trinajstić information content (AvgIpc) is 2.31. The largest absolute Gasteiger partial charge is 0.481 e. The molecule has 0 bridgehead atoms. The molecule has 0 aliphatic heterocycles. The van der Waals surface area contributed by atoms with Gasteiger partial charge in [-0.05, 0) is 12.1 Å². The molecule has 1 rings (SSSR count). The summed E-state index contributed by atoms with van der Waals surface area (Å²) in [5.74, 6) is -1.95. The number of benzene rings is 1. The topological polar surface area (TPSA) is 57.6 Å². The molecular formula is C12H13Cl2NO3. The Bertz CT molecular complexity index is 476. The Balaban J connectivity index is 2.87. The molecule has 1 amide bonds. The zero-order chi connectivity index (χ0) is 13.9. The van der Waals surface area contributed by atoms with E-state index in [1.165, 1.54) is 18.9 Å². The van der Waals surface area contributed by atoms with Crippen LogP contribution < -0.4 is 0 Å². The second kappa shape index (κ2) is 6.07. The van der Waals surface area contributed by atoms with Crippen molar-refractivity contribution in [3.05, 3.63) is 33.8 Å². The molecule has 0 spiro atoms. The van der Waals surface area contributed by atoms with Crippen LogP contribution in [0, 0.1) is 5.92 Å². The normalized spacial score (nSPS) is 12.0. The first-order chi connectivity index (χ1) is 8.34.